The third-order valence-electron chi connectivity index (χ3n) is 5.73. The Morgan fingerprint density at radius 3 is 2.70 bits per heavy atom. The smallest absolute Gasteiger partial charge is 0.191 e. The number of hydrogen-bond donors (Lipinski definition) is 2. The molecule has 0 bridgehead atoms. The number of nitrogens with one attached hydrogen (secondary N) is 2. The van der Waals surface area contributed by atoms with Crippen molar-refractivity contribution in [1.29, 1.82) is 0 Å². The van der Waals surface area contributed by atoms with Crippen molar-refractivity contribution < 1.29 is 4.74 Å². The van der Waals surface area contributed by atoms with Crippen LogP contribution in [-0.2, 0) is 4.74 Å². The molecule has 0 radical (unpaired) electrons. The van der Waals surface area contributed by atoms with Gasteiger partial charge in [0.05, 0.1) is 0 Å². The quantitative estimate of drug-likeness (QED) is 0.398. The lowest BCUT2D eigenvalue weighted by molar-refractivity contribution is 0.155. The maximum atomic E-state index is 5.16. The van der Waals surface area contributed by atoms with E-state index >= 15 is 0 Å². The molecule has 0 amide bonds. The molecular weight excluding hydrogens is 336 g/mol. The van der Waals surface area contributed by atoms with E-state index in [-0.39, 0.29) is 0 Å². The lowest BCUT2D eigenvalue weighted by Gasteiger charge is -2.33. The molecule has 5 nitrogen and oxygen atoms in total. The van der Waals surface area contributed by atoms with Gasteiger partial charge in [0, 0.05) is 52.5 Å². The van der Waals surface area contributed by atoms with Crippen LogP contribution in [0.1, 0.15) is 44.1 Å². The Hall–Kier alpha value is -1.59. The molecule has 0 aromatic heterocycles. The predicted octanol–water partition coefficient (Wildman–Crippen LogP) is 2.85. The first-order valence-corrected chi connectivity index (χ1v) is 10.6. The standard InChI is InChI=1S/C22H36N4O/c1-3-23-22(24-17-19-16-21(19)18-8-5-4-6-9-18)25-20-10-13-26(14-11-20)12-7-15-27-2/h4-6,8-9,19-21H,3,7,10-17H2,1-2H3,(H2,23,24,25). The summed E-state index contributed by atoms with van der Waals surface area (Å²) in [5, 5.41) is 7.10. The molecule has 150 valence electrons. The summed E-state index contributed by atoms with van der Waals surface area (Å²) in [7, 11) is 1.78. The van der Waals surface area contributed by atoms with Crippen LogP contribution in [0, 0.1) is 5.92 Å². The molecule has 1 saturated heterocycles. The lowest BCUT2D eigenvalue weighted by Crippen LogP contribution is -2.49. The average molecular weight is 373 g/mol. The SMILES string of the molecule is CCNC(=NCC1CC1c1ccccc1)NC1CCN(CCCOC)CC1. The predicted molar refractivity (Wildman–Crippen MR) is 112 cm³/mol. The van der Waals surface area contributed by atoms with Crippen molar-refractivity contribution >= 4 is 5.96 Å². The highest BCUT2D eigenvalue weighted by atomic mass is 16.5. The van der Waals surface area contributed by atoms with Gasteiger partial charge in [-0.1, -0.05) is 30.3 Å². The summed E-state index contributed by atoms with van der Waals surface area (Å²) in [5.41, 5.74) is 1.47. The zero-order chi connectivity index (χ0) is 18.9. The molecule has 2 N–H and O–H groups in total. The van der Waals surface area contributed by atoms with Crippen molar-refractivity contribution in [1.82, 2.24) is 15.5 Å². The van der Waals surface area contributed by atoms with Crippen LogP contribution in [0.25, 0.3) is 0 Å². The van der Waals surface area contributed by atoms with Gasteiger partial charge < -0.3 is 20.3 Å². The largest absolute Gasteiger partial charge is 0.385 e. The fraction of sp³-hybridized carbons (Fsp3) is 0.682. The Balaban J connectivity index is 1.41. The second kappa shape index (κ2) is 10.7. The van der Waals surface area contributed by atoms with E-state index in [9.17, 15) is 0 Å². The summed E-state index contributed by atoms with van der Waals surface area (Å²) < 4.78 is 5.16. The molecular formula is C22H36N4O. The number of benzene rings is 1. The molecule has 2 aliphatic rings. The van der Waals surface area contributed by atoms with Crippen molar-refractivity contribution in [2.75, 3.05) is 46.4 Å². The van der Waals surface area contributed by atoms with E-state index in [1.165, 1.54) is 37.9 Å². The van der Waals surface area contributed by atoms with E-state index in [0.717, 1.165) is 38.6 Å². The van der Waals surface area contributed by atoms with E-state index in [2.05, 4.69) is 52.8 Å². The Labute approximate surface area is 164 Å². The van der Waals surface area contributed by atoms with E-state index in [1.807, 2.05) is 0 Å². The zero-order valence-corrected chi connectivity index (χ0v) is 17.0. The van der Waals surface area contributed by atoms with Gasteiger partial charge in [0.15, 0.2) is 5.96 Å². The van der Waals surface area contributed by atoms with E-state index in [1.54, 1.807) is 7.11 Å². The van der Waals surface area contributed by atoms with Crippen molar-refractivity contribution in [3.8, 4) is 0 Å². The van der Waals surface area contributed by atoms with Crippen LogP contribution < -0.4 is 10.6 Å². The van der Waals surface area contributed by atoms with Gasteiger partial charge in [-0.25, -0.2) is 0 Å². The third-order valence-corrected chi connectivity index (χ3v) is 5.73. The molecule has 27 heavy (non-hydrogen) atoms. The minimum absolute atomic E-state index is 0.533. The summed E-state index contributed by atoms with van der Waals surface area (Å²) in [4.78, 5) is 7.44. The highest BCUT2D eigenvalue weighted by Crippen LogP contribution is 2.47. The number of rotatable bonds is 9. The molecule has 1 aromatic rings. The van der Waals surface area contributed by atoms with Gasteiger partial charge >= 0.3 is 0 Å². The summed E-state index contributed by atoms with van der Waals surface area (Å²) in [6, 6.07) is 11.4. The number of likely N-dealkylation sites (tertiary alicyclic amines) is 1. The van der Waals surface area contributed by atoms with Crippen molar-refractivity contribution in [2.24, 2.45) is 10.9 Å². The van der Waals surface area contributed by atoms with Gasteiger partial charge in [0.2, 0.25) is 0 Å². The summed E-state index contributed by atoms with van der Waals surface area (Å²) >= 11 is 0. The van der Waals surface area contributed by atoms with Gasteiger partial charge in [-0.3, -0.25) is 4.99 Å². The minimum atomic E-state index is 0.533. The van der Waals surface area contributed by atoms with Gasteiger partial charge in [-0.05, 0) is 50.0 Å². The summed E-state index contributed by atoms with van der Waals surface area (Å²) in [5.74, 6) is 2.40. The highest BCUT2D eigenvalue weighted by Gasteiger charge is 2.37. The number of methoxy groups -OCH3 is 1. The summed E-state index contributed by atoms with van der Waals surface area (Å²) in [6.07, 6.45) is 4.77. The minimum Gasteiger partial charge on any atom is -0.385 e. The van der Waals surface area contributed by atoms with Gasteiger partial charge in [-0.2, -0.15) is 0 Å². The fourth-order valence-electron chi connectivity index (χ4n) is 4.01. The van der Waals surface area contributed by atoms with E-state index in [0.29, 0.717) is 17.9 Å². The first-order valence-electron chi connectivity index (χ1n) is 10.6. The molecule has 3 rings (SSSR count). The number of nitrogens with zero attached hydrogens (tertiary/aromatic N) is 2. The molecule has 1 heterocycles. The van der Waals surface area contributed by atoms with Gasteiger partial charge in [-0.15, -0.1) is 0 Å². The lowest BCUT2D eigenvalue weighted by atomic mass is 10.1. The Bertz CT molecular complexity index is 569. The topological polar surface area (TPSA) is 48.9 Å². The maximum Gasteiger partial charge on any atom is 0.191 e. The summed E-state index contributed by atoms with van der Waals surface area (Å²) in [6.45, 7) is 8.32. The van der Waals surface area contributed by atoms with Gasteiger partial charge in [0.1, 0.15) is 0 Å². The number of guanidine groups is 1. The van der Waals surface area contributed by atoms with Crippen LogP contribution in [-0.4, -0.2) is 63.3 Å². The molecule has 1 aliphatic heterocycles. The van der Waals surface area contributed by atoms with E-state index in [4.69, 9.17) is 9.73 Å². The van der Waals surface area contributed by atoms with Crippen molar-refractivity contribution in [2.45, 2.75) is 44.6 Å². The number of ether oxygens (including phenoxy) is 1. The van der Waals surface area contributed by atoms with Gasteiger partial charge in [0.25, 0.3) is 0 Å². The van der Waals surface area contributed by atoms with Crippen LogP contribution in [0.3, 0.4) is 0 Å². The molecule has 1 aliphatic carbocycles. The van der Waals surface area contributed by atoms with Crippen molar-refractivity contribution in [3.05, 3.63) is 35.9 Å². The van der Waals surface area contributed by atoms with Crippen LogP contribution in [0.2, 0.25) is 0 Å². The van der Waals surface area contributed by atoms with Crippen LogP contribution in [0.15, 0.2) is 35.3 Å². The zero-order valence-electron chi connectivity index (χ0n) is 17.0. The second-order valence-corrected chi connectivity index (χ2v) is 7.84. The molecule has 0 spiro atoms. The van der Waals surface area contributed by atoms with Crippen LogP contribution in [0.4, 0.5) is 0 Å². The first kappa shape index (κ1) is 20.2. The van der Waals surface area contributed by atoms with Crippen LogP contribution in [0.5, 0.6) is 0 Å². The monoisotopic (exact) mass is 372 g/mol. The van der Waals surface area contributed by atoms with E-state index < -0.39 is 0 Å². The Kier molecular flexibility index (Phi) is 7.96. The fourth-order valence-corrected chi connectivity index (χ4v) is 4.01. The van der Waals surface area contributed by atoms with Crippen molar-refractivity contribution in [3.63, 3.8) is 0 Å². The molecule has 2 fully saturated rings. The molecule has 2 atom stereocenters. The Morgan fingerprint density at radius 2 is 2.00 bits per heavy atom. The normalized spacial score (nSPS) is 24.0. The average Bonchev–Trinajstić information content (AvgIpc) is 3.48. The molecule has 2 unspecified atom stereocenters. The molecule has 5 heteroatoms. The second-order valence-electron chi connectivity index (χ2n) is 7.84. The van der Waals surface area contributed by atoms with Crippen LogP contribution >= 0.6 is 0 Å². The number of hydrogen-bond acceptors (Lipinski definition) is 3. The molecule has 1 saturated carbocycles. The Morgan fingerprint density at radius 1 is 1.22 bits per heavy atom. The maximum absolute atomic E-state index is 5.16. The first-order chi connectivity index (χ1) is 13.3. The highest BCUT2D eigenvalue weighted by molar-refractivity contribution is 5.80. The molecule has 1 aromatic carbocycles. The third kappa shape index (κ3) is 6.51. The number of aliphatic imine (C=N–C) groups is 1. The number of piperidine rings is 1.